The summed E-state index contributed by atoms with van der Waals surface area (Å²) in [6.07, 6.45) is 0. The maximum Gasteiger partial charge on any atom is 0.343 e. The van der Waals surface area contributed by atoms with Crippen LogP contribution in [0.3, 0.4) is 0 Å². The number of nitrogens with zero attached hydrogens (tertiary/aromatic N) is 2. The molecule has 3 aromatic rings. The highest BCUT2D eigenvalue weighted by Crippen LogP contribution is 2.26. The minimum absolute atomic E-state index is 0.212. The third kappa shape index (κ3) is 4.34. The van der Waals surface area contributed by atoms with E-state index in [0.29, 0.717) is 16.8 Å². The van der Waals surface area contributed by atoms with Crippen molar-refractivity contribution in [2.45, 2.75) is 18.7 Å². The second-order valence-electron chi connectivity index (χ2n) is 6.79. The van der Waals surface area contributed by atoms with Gasteiger partial charge in [0, 0.05) is 7.05 Å². The number of anilines is 1. The highest BCUT2D eigenvalue weighted by atomic mass is 32.2. The fourth-order valence-corrected chi connectivity index (χ4v) is 4.02. The Hall–Kier alpha value is -3.63. The number of esters is 1. The van der Waals surface area contributed by atoms with Gasteiger partial charge in [-0.2, -0.15) is 5.26 Å². The van der Waals surface area contributed by atoms with Crippen molar-refractivity contribution >= 4 is 21.7 Å². The molecule has 0 aliphatic rings. The zero-order chi connectivity index (χ0) is 21.9. The summed E-state index contributed by atoms with van der Waals surface area (Å²) in [5.41, 5.74) is 3.11. The number of benzene rings is 3. The van der Waals surface area contributed by atoms with Gasteiger partial charge < -0.3 is 4.74 Å². The Balaban J connectivity index is 1.76. The molecule has 0 aliphatic carbocycles. The summed E-state index contributed by atoms with van der Waals surface area (Å²) >= 11 is 0. The van der Waals surface area contributed by atoms with Gasteiger partial charge in [0.2, 0.25) is 0 Å². The number of ether oxygens (including phenoxy) is 1. The standard InChI is InChI=1S/C23H20N2O4S/c1-16-4-13-22(14-17(16)2)30(27,28)25(3)20-9-11-21(12-10-20)29-23(26)19-7-5-18(15-24)6-8-19/h4-14H,1-3H3. The van der Waals surface area contributed by atoms with E-state index < -0.39 is 16.0 Å². The molecular formula is C23H20N2O4S. The summed E-state index contributed by atoms with van der Waals surface area (Å²) in [7, 11) is -2.24. The van der Waals surface area contributed by atoms with Gasteiger partial charge in [-0.15, -0.1) is 0 Å². The van der Waals surface area contributed by atoms with Crippen LogP contribution in [0.25, 0.3) is 0 Å². The molecule has 0 amide bonds. The van der Waals surface area contributed by atoms with Crippen LogP contribution in [0.5, 0.6) is 5.75 Å². The number of rotatable bonds is 5. The summed E-state index contributed by atoms with van der Waals surface area (Å²) in [6, 6.07) is 19.3. The monoisotopic (exact) mass is 420 g/mol. The molecule has 0 unspecified atom stereocenters. The molecule has 152 valence electrons. The quantitative estimate of drug-likeness (QED) is 0.456. The number of aryl methyl sites for hydroxylation is 2. The van der Waals surface area contributed by atoms with Crippen LogP contribution in [0.2, 0.25) is 0 Å². The van der Waals surface area contributed by atoms with Crippen LogP contribution in [0.4, 0.5) is 5.69 Å². The molecule has 0 saturated carbocycles. The Bertz CT molecular complexity index is 1230. The second kappa shape index (κ2) is 8.39. The third-order valence-corrected chi connectivity index (χ3v) is 6.58. The van der Waals surface area contributed by atoms with Crippen LogP contribution in [0.1, 0.15) is 27.0 Å². The smallest absolute Gasteiger partial charge is 0.343 e. The lowest BCUT2D eigenvalue weighted by molar-refractivity contribution is 0.0734. The molecule has 7 heteroatoms. The maximum absolute atomic E-state index is 12.9. The fourth-order valence-electron chi connectivity index (χ4n) is 2.74. The van der Waals surface area contributed by atoms with Crippen molar-refractivity contribution in [3.05, 3.63) is 89.0 Å². The molecule has 0 aromatic heterocycles. The highest BCUT2D eigenvalue weighted by Gasteiger charge is 2.22. The summed E-state index contributed by atoms with van der Waals surface area (Å²) in [5, 5.41) is 8.82. The van der Waals surface area contributed by atoms with Crippen molar-refractivity contribution in [1.29, 1.82) is 5.26 Å². The molecule has 3 rings (SSSR count). The SMILES string of the molecule is Cc1ccc(S(=O)(=O)N(C)c2ccc(OC(=O)c3ccc(C#N)cc3)cc2)cc1C. The lowest BCUT2D eigenvalue weighted by Gasteiger charge is -2.20. The summed E-state index contributed by atoms with van der Waals surface area (Å²) in [6.45, 7) is 3.79. The molecular weight excluding hydrogens is 400 g/mol. The molecule has 30 heavy (non-hydrogen) atoms. The predicted molar refractivity (Wildman–Crippen MR) is 114 cm³/mol. The van der Waals surface area contributed by atoms with Crippen molar-refractivity contribution in [2.24, 2.45) is 0 Å². The van der Waals surface area contributed by atoms with Gasteiger partial charge in [0.1, 0.15) is 5.75 Å². The number of nitriles is 1. The van der Waals surface area contributed by atoms with Gasteiger partial charge in [-0.3, -0.25) is 4.31 Å². The Kier molecular flexibility index (Phi) is 5.90. The van der Waals surface area contributed by atoms with E-state index in [1.807, 2.05) is 19.9 Å². The maximum atomic E-state index is 12.9. The van der Waals surface area contributed by atoms with E-state index in [0.717, 1.165) is 11.1 Å². The number of carbonyl (C=O) groups is 1. The fraction of sp³-hybridized carbons (Fsp3) is 0.130. The van der Waals surface area contributed by atoms with Crippen molar-refractivity contribution < 1.29 is 17.9 Å². The summed E-state index contributed by atoms with van der Waals surface area (Å²) in [5.74, 6) is -0.284. The van der Waals surface area contributed by atoms with E-state index in [4.69, 9.17) is 10.00 Å². The largest absolute Gasteiger partial charge is 0.423 e. The van der Waals surface area contributed by atoms with Gasteiger partial charge in [0.15, 0.2) is 0 Å². The lowest BCUT2D eigenvalue weighted by Crippen LogP contribution is -2.26. The highest BCUT2D eigenvalue weighted by molar-refractivity contribution is 7.92. The first-order chi connectivity index (χ1) is 14.2. The molecule has 0 saturated heterocycles. The minimum atomic E-state index is -3.72. The van der Waals surface area contributed by atoms with Gasteiger partial charge in [-0.1, -0.05) is 6.07 Å². The van der Waals surface area contributed by atoms with Crippen LogP contribution in [-0.2, 0) is 10.0 Å². The van der Waals surface area contributed by atoms with E-state index in [-0.39, 0.29) is 10.6 Å². The van der Waals surface area contributed by atoms with E-state index >= 15 is 0 Å². The number of sulfonamides is 1. The number of carbonyl (C=O) groups excluding carboxylic acids is 1. The first kappa shape index (κ1) is 21.1. The predicted octanol–water partition coefficient (Wildman–Crippen LogP) is 4.22. The molecule has 0 radical (unpaired) electrons. The van der Waals surface area contributed by atoms with E-state index in [9.17, 15) is 13.2 Å². The molecule has 0 heterocycles. The molecule has 3 aromatic carbocycles. The first-order valence-electron chi connectivity index (χ1n) is 9.11. The molecule has 6 nitrogen and oxygen atoms in total. The Morgan fingerprint density at radius 2 is 1.57 bits per heavy atom. The Labute approximate surface area is 176 Å². The van der Waals surface area contributed by atoms with Crippen molar-refractivity contribution in [1.82, 2.24) is 0 Å². The lowest BCUT2D eigenvalue weighted by atomic mass is 10.1. The topological polar surface area (TPSA) is 87.5 Å². The van der Waals surface area contributed by atoms with Gasteiger partial charge in [0.05, 0.1) is 27.8 Å². The van der Waals surface area contributed by atoms with Gasteiger partial charge in [-0.05, 0) is 85.6 Å². The van der Waals surface area contributed by atoms with Crippen molar-refractivity contribution in [3.63, 3.8) is 0 Å². The van der Waals surface area contributed by atoms with Gasteiger partial charge >= 0.3 is 5.97 Å². The molecule has 0 atom stereocenters. The summed E-state index contributed by atoms with van der Waals surface area (Å²) in [4.78, 5) is 12.4. The van der Waals surface area contributed by atoms with Crippen LogP contribution < -0.4 is 9.04 Å². The summed E-state index contributed by atoms with van der Waals surface area (Å²) < 4.78 is 32.3. The minimum Gasteiger partial charge on any atom is -0.423 e. The van der Waals surface area contributed by atoms with E-state index in [1.54, 1.807) is 30.3 Å². The average molecular weight is 420 g/mol. The Morgan fingerprint density at radius 1 is 0.933 bits per heavy atom. The zero-order valence-electron chi connectivity index (χ0n) is 16.8. The van der Waals surface area contributed by atoms with Crippen LogP contribution >= 0.6 is 0 Å². The molecule has 0 bridgehead atoms. The zero-order valence-corrected chi connectivity index (χ0v) is 17.6. The molecule has 0 N–H and O–H groups in total. The van der Waals surface area contributed by atoms with Gasteiger partial charge in [0.25, 0.3) is 10.0 Å². The first-order valence-corrected chi connectivity index (χ1v) is 10.5. The van der Waals surface area contributed by atoms with Crippen LogP contribution in [0, 0.1) is 25.2 Å². The number of hydrogen-bond donors (Lipinski definition) is 0. The average Bonchev–Trinajstić information content (AvgIpc) is 2.75. The molecule has 0 spiro atoms. The Morgan fingerprint density at radius 3 is 2.13 bits per heavy atom. The number of hydrogen-bond acceptors (Lipinski definition) is 5. The molecule has 0 fully saturated rings. The third-order valence-electron chi connectivity index (χ3n) is 4.80. The van der Waals surface area contributed by atoms with E-state index in [2.05, 4.69) is 0 Å². The van der Waals surface area contributed by atoms with E-state index in [1.165, 1.54) is 47.8 Å². The van der Waals surface area contributed by atoms with Crippen molar-refractivity contribution in [3.8, 4) is 11.8 Å². The van der Waals surface area contributed by atoms with Crippen LogP contribution in [0.15, 0.2) is 71.6 Å². The van der Waals surface area contributed by atoms with Crippen molar-refractivity contribution in [2.75, 3.05) is 11.4 Å². The second-order valence-corrected chi connectivity index (χ2v) is 8.76. The van der Waals surface area contributed by atoms with Gasteiger partial charge in [-0.25, -0.2) is 13.2 Å². The van der Waals surface area contributed by atoms with Crippen LogP contribution in [-0.4, -0.2) is 21.4 Å². The normalized spacial score (nSPS) is 10.9. The molecule has 0 aliphatic heterocycles.